The summed E-state index contributed by atoms with van der Waals surface area (Å²) in [7, 11) is 0. The van der Waals surface area contributed by atoms with Gasteiger partial charge in [0, 0.05) is 37.1 Å². The first-order chi connectivity index (χ1) is 11.8. The van der Waals surface area contributed by atoms with Gasteiger partial charge in [-0.3, -0.25) is 0 Å². The number of pyridine rings is 2. The van der Waals surface area contributed by atoms with Crippen LogP contribution in [-0.4, -0.2) is 22.8 Å². The van der Waals surface area contributed by atoms with Crippen LogP contribution in [0.15, 0.2) is 59.1 Å². The van der Waals surface area contributed by atoms with Crippen molar-refractivity contribution >= 4 is 12.4 Å². The smallest absolute Gasteiger partial charge is 0.227 e. The largest absolute Gasteiger partial charge is 0.411 e. The van der Waals surface area contributed by atoms with Crippen LogP contribution in [0.4, 0.5) is 0 Å². The second kappa shape index (κ2) is 10.1. The minimum atomic E-state index is 0.896. The Morgan fingerprint density at radius 3 is 1.58 bits per heavy atom. The number of rotatable bonds is 9. The Balaban J connectivity index is 1.73. The van der Waals surface area contributed by atoms with Crippen LogP contribution in [0.3, 0.4) is 0 Å². The van der Waals surface area contributed by atoms with Crippen molar-refractivity contribution < 1.29 is 19.5 Å². The molecule has 0 atom stereocenters. The zero-order valence-corrected chi connectivity index (χ0v) is 13.7. The SMILES string of the molecule is ON=Cc1cccc[n+]1CCCCCC[n+]1ccccc1C=NO. The zero-order valence-electron chi connectivity index (χ0n) is 13.7. The Morgan fingerprint density at radius 1 is 0.708 bits per heavy atom. The second-order valence-electron chi connectivity index (χ2n) is 5.54. The van der Waals surface area contributed by atoms with Crippen LogP contribution >= 0.6 is 0 Å². The molecule has 0 aliphatic rings. The van der Waals surface area contributed by atoms with E-state index in [-0.39, 0.29) is 0 Å². The molecule has 0 unspecified atom stereocenters. The van der Waals surface area contributed by atoms with Crippen LogP contribution in [0.25, 0.3) is 0 Å². The fourth-order valence-corrected chi connectivity index (χ4v) is 2.66. The predicted molar refractivity (Wildman–Crippen MR) is 90.5 cm³/mol. The molecule has 0 spiro atoms. The summed E-state index contributed by atoms with van der Waals surface area (Å²) in [5.41, 5.74) is 1.79. The number of hydrogen-bond acceptors (Lipinski definition) is 4. The molecule has 2 aromatic heterocycles. The standard InChI is InChI=1S/C18H22N4O2/c23-19-15-17-9-3-7-13-21(17)11-5-1-2-6-12-22-14-8-4-10-18(22)16-20-24/h3-4,7-10,13-16H,1-2,5-6,11-12H2/p+2. The van der Waals surface area contributed by atoms with Crippen LogP contribution in [0.2, 0.25) is 0 Å². The van der Waals surface area contributed by atoms with E-state index in [1.54, 1.807) is 0 Å². The lowest BCUT2D eigenvalue weighted by Gasteiger charge is -2.02. The third kappa shape index (κ3) is 5.46. The first-order valence-corrected chi connectivity index (χ1v) is 8.17. The normalized spacial score (nSPS) is 11.5. The number of oxime groups is 2. The Kier molecular flexibility index (Phi) is 7.40. The molecule has 24 heavy (non-hydrogen) atoms. The lowest BCUT2D eigenvalue weighted by Crippen LogP contribution is -2.38. The molecule has 2 N–H and O–H groups in total. The topological polar surface area (TPSA) is 72.9 Å². The fraction of sp³-hybridized carbons (Fsp3) is 0.333. The molecular formula is C18H24N4O2+2. The number of unbranched alkanes of at least 4 members (excludes halogenated alkanes) is 3. The first-order valence-electron chi connectivity index (χ1n) is 8.17. The van der Waals surface area contributed by atoms with E-state index in [4.69, 9.17) is 10.4 Å². The summed E-state index contributed by atoms with van der Waals surface area (Å²) in [5, 5.41) is 23.6. The van der Waals surface area contributed by atoms with Gasteiger partial charge in [-0.15, -0.1) is 0 Å². The summed E-state index contributed by atoms with van der Waals surface area (Å²) in [6.07, 6.45) is 11.3. The minimum Gasteiger partial charge on any atom is -0.411 e. The van der Waals surface area contributed by atoms with Gasteiger partial charge in [0.15, 0.2) is 12.4 Å². The van der Waals surface area contributed by atoms with Crippen molar-refractivity contribution in [3.8, 4) is 0 Å². The molecule has 6 nitrogen and oxygen atoms in total. The predicted octanol–water partition coefficient (Wildman–Crippen LogP) is 2.14. The van der Waals surface area contributed by atoms with Crippen LogP contribution in [0, 0.1) is 0 Å². The van der Waals surface area contributed by atoms with Crippen LogP contribution in [-0.2, 0) is 13.1 Å². The molecule has 0 saturated heterocycles. The summed E-state index contributed by atoms with van der Waals surface area (Å²) in [6, 6.07) is 11.7. The molecule has 0 bridgehead atoms. The minimum absolute atomic E-state index is 0.896. The Morgan fingerprint density at radius 2 is 1.17 bits per heavy atom. The van der Waals surface area contributed by atoms with Crippen molar-refractivity contribution in [3.63, 3.8) is 0 Å². The van der Waals surface area contributed by atoms with Crippen molar-refractivity contribution in [3.05, 3.63) is 60.2 Å². The molecule has 2 heterocycles. The number of aryl methyl sites for hydroxylation is 2. The highest BCUT2D eigenvalue weighted by Crippen LogP contribution is 2.01. The zero-order chi connectivity index (χ0) is 17.0. The average Bonchev–Trinajstić information content (AvgIpc) is 2.61. The van der Waals surface area contributed by atoms with Crippen molar-refractivity contribution in [1.29, 1.82) is 0 Å². The van der Waals surface area contributed by atoms with E-state index in [2.05, 4.69) is 19.4 Å². The Bertz CT molecular complexity index is 627. The Labute approximate surface area is 142 Å². The summed E-state index contributed by atoms with van der Waals surface area (Å²) in [4.78, 5) is 0. The maximum Gasteiger partial charge on any atom is 0.227 e. The third-order valence-electron chi connectivity index (χ3n) is 3.88. The third-order valence-corrected chi connectivity index (χ3v) is 3.88. The lowest BCUT2D eigenvalue weighted by atomic mass is 10.2. The molecule has 0 aliphatic heterocycles. The van der Waals surface area contributed by atoms with Crippen molar-refractivity contribution in [2.45, 2.75) is 38.8 Å². The number of nitrogens with zero attached hydrogens (tertiary/aromatic N) is 4. The van der Waals surface area contributed by atoms with E-state index in [0.717, 1.165) is 50.2 Å². The molecule has 0 saturated carbocycles. The van der Waals surface area contributed by atoms with Gasteiger partial charge < -0.3 is 10.4 Å². The fourth-order valence-electron chi connectivity index (χ4n) is 2.66. The second-order valence-corrected chi connectivity index (χ2v) is 5.54. The number of aromatic nitrogens is 2. The maximum absolute atomic E-state index is 8.68. The van der Waals surface area contributed by atoms with Crippen molar-refractivity contribution in [2.75, 3.05) is 0 Å². The molecule has 0 fully saturated rings. The van der Waals surface area contributed by atoms with Crippen molar-refractivity contribution in [2.24, 2.45) is 10.3 Å². The van der Waals surface area contributed by atoms with Gasteiger partial charge in [0.05, 0.1) is 0 Å². The summed E-state index contributed by atoms with van der Waals surface area (Å²) in [5.74, 6) is 0. The number of hydrogen-bond donors (Lipinski definition) is 2. The monoisotopic (exact) mass is 328 g/mol. The van der Waals surface area contributed by atoms with Gasteiger partial charge in [-0.2, -0.15) is 9.13 Å². The van der Waals surface area contributed by atoms with Gasteiger partial charge in [-0.25, -0.2) is 0 Å². The quantitative estimate of drug-likeness (QED) is 0.243. The van der Waals surface area contributed by atoms with E-state index >= 15 is 0 Å². The Hall–Kier alpha value is -2.76. The highest BCUT2D eigenvalue weighted by atomic mass is 16.4. The molecular weight excluding hydrogens is 304 g/mol. The van der Waals surface area contributed by atoms with E-state index < -0.39 is 0 Å². The molecule has 6 heteroatoms. The molecule has 2 aromatic rings. The van der Waals surface area contributed by atoms with Crippen LogP contribution in [0.1, 0.15) is 37.1 Å². The molecule has 0 aromatic carbocycles. The maximum atomic E-state index is 8.68. The van der Waals surface area contributed by atoms with E-state index in [0.29, 0.717) is 0 Å². The van der Waals surface area contributed by atoms with Gasteiger partial charge in [0.1, 0.15) is 25.5 Å². The highest BCUT2D eigenvalue weighted by Gasteiger charge is 2.08. The lowest BCUT2D eigenvalue weighted by molar-refractivity contribution is -0.699. The van der Waals surface area contributed by atoms with Gasteiger partial charge in [0.25, 0.3) is 0 Å². The molecule has 0 radical (unpaired) electrons. The van der Waals surface area contributed by atoms with Gasteiger partial charge in [-0.1, -0.05) is 10.3 Å². The summed E-state index contributed by atoms with van der Waals surface area (Å²) < 4.78 is 4.17. The summed E-state index contributed by atoms with van der Waals surface area (Å²) in [6.45, 7) is 1.81. The van der Waals surface area contributed by atoms with E-state index in [1.165, 1.54) is 12.4 Å². The molecule has 2 rings (SSSR count). The molecule has 0 amide bonds. The van der Waals surface area contributed by atoms with Crippen molar-refractivity contribution in [1.82, 2.24) is 0 Å². The van der Waals surface area contributed by atoms with Crippen LogP contribution < -0.4 is 9.13 Å². The van der Waals surface area contributed by atoms with Gasteiger partial charge in [-0.05, 0) is 25.0 Å². The highest BCUT2D eigenvalue weighted by molar-refractivity contribution is 5.74. The molecule has 126 valence electrons. The first kappa shape index (κ1) is 17.6. The van der Waals surface area contributed by atoms with E-state index in [9.17, 15) is 0 Å². The van der Waals surface area contributed by atoms with Gasteiger partial charge in [0.2, 0.25) is 11.4 Å². The molecule has 0 aliphatic carbocycles. The van der Waals surface area contributed by atoms with Gasteiger partial charge >= 0.3 is 0 Å². The average molecular weight is 328 g/mol. The van der Waals surface area contributed by atoms with E-state index in [1.807, 2.05) is 48.8 Å². The van der Waals surface area contributed by atoms with Crippen LogP contribution in [0.5, 0.6) is 0 Å². The summed E-state index contributed by atoms with van der Waals surface area (Å²) >= 11 is 0.